The van der Waals surface area contributed by atoms with Crippen molar-refractivity contribution < 1.29 is 9.53 Å². The van der Waals surface area contributed by atoms with Gasteiger partial charge in [0.05, 0.1) is 0 Å². The molecule has 0 atom stereocenters. The van der Waals surface area contributed by atoms with Crippen LogP contribution < -0.4 is 5.73 Å². The number of carbonyl (C=O) groups excluding carboxylic acids is 1. The molecule has 0 aromatic carbocycles. The Morgan fingerprint density at radius 3 is 1.67 bits per heavy atom. The van der Waals surface area contributed by atoms with Crippen molar-refractivity contribution in [3.8, 4) is 0 Å². The van der Waals surface area contributed by atoms with E-state index in [4.69, 9.17) is 4.79 Å². The molecule has 0 bridgehead atoms. The minimum Gasteiger partial charge on any atom is -0.388 e. The van der Waals surface area contributed by atoms with Crippen LogP contribution in [0.3, 0.4) is 0 Å². The Balaban J connectivity index is 0. The zero-order valence-electron chi connectivity index (χ0n) is 3.97. The summed E-state index contributed by atoms with van der Waals surface area (Å²) in [7, 11) is 3.25. The van der Waals surface area contributed by atoms with Crippen molar-refractivity contribution in [2.24, 2.45) is 5.73 Å². The van der Waals surface area contributed by atoms with Crippen LogP contribution in [0, 0.1) is 0 Å². The summed E-state index contributed by atoms with van der Waals surface area (Å²) >= 11 is 0. The molecule has 0 aliphatic rings. The van der Waals surface area contributed by atoms with Crippen molar-refractivity contribution in [1.29, 1.82) is 0 Å². The third kappa shape index (κ3) is 62.3. The zero-order valence-corrected chi connectivity index (χ0v) is 3.97. The van der Waals surface area contributed by atoms with Gasteiger partial charge in [0.2, 0.25) is 6.41 Å². The lowest BCUT2D eigenvalue weighted by molar-refractivity contribution is -0.106. The molecular formula is C3H9NO2. The van der Waals surface area contributed by atoms with Crippen molar-refractivity contribution in [2.45, 2.75) is 0 Å². The summed E-state index contributed by atoms with van der Waals surface area (Å²) < 4.78 is 4.25. The van der Waals surface area contributed by atoms with E-state index in [-0.39, 0.29) is 6.41 Å². The van der Waals surface area contributed by atoms with Crippen LogP contribution in [0.4, 0.5) is 0 Å². The molecule has 0 aliphatic heterocycles. The van der Waals surface area contributed by atoms with Gasteiger partial charge in [0.15, 0.2) is 0 Å². The molecule has 38 valence electrons. The topological polar surface area (TPSA) is 52.3 Å². The van der Waals surface area contributed by atoms with E-state index < -0.39 is 0 Å². The average molecular weight is 91.1 g/mol. The van der Waals surface area contributed by atoms with Crippen molar-refractivity contribution in [2.75, 3.05) is 14.2 Å². The van der Waals surface area contributed by atoms with Crippen LogP contribution in [0.15, 0.2) is 0 Å². The zero-order chi connectivity index (χ0) is 5.41. The number of rotatable bonds is 0. The van der Waals surface area contributed by atoms with Gasteiger partial charge in [-0.2, -0.15) is 0 Å². The van der Waals surface area contributed by atoms with Crippen LogP contribution in [0.2, 0.25) is 0 Å². The molecule has 0 unspecified atom stereocenters. The fourth-order valence-electron chi connectivity index (χ4n) is 0. The van der Waals surface area contributed by atoms with Crippen LogP contribution in [0.1, 0.15) is 0 Å². The first kappa shape index (κ1) is 9.06. The van der Waals surface area contributed by atoms with E-state index in [0.717, 1.165) is 0 Å². The highest BCUT2D eigenvalue weighted by Crippen LogP contribution is 1.28. The van der Waals surface area contributed by atoms with Gasteiger partial charge < -0.3 is 10.5 Å². The molecule has 1 amide bonds. The largest absolute Gasteiger partial charge is 0.388 e. The molecule has 0 saturated carbocycles. The van der Waals surface area contributed by atoms with Gasteiger partial charge in [-0.3, -0.25) is 4.79 Å². The highest BCUT2D eigenvalue weighted by Gasteiger charge is 1.25. The number of carbonyl (C=O) groups is 1. The number of amides is 1. The second-order valence-electron chi connectivity index (χ2n) is 0.544. The highest BCUT2D eigenvalue weighted by atomic mass is 16.4. The summed E-state index contributed by atoms with van der Waals surface area (Å²) in [5.74, 6) is 0. The molecule has 0 saturated heterocycles. The fraction of sp³-hybridized carbons (Fsp3) is 0.667. The van der Waals surface area contributed by atoms with Crippen molar-refractivity contribution in [3.63, 3.8) is 0 Å². The van der Waals surface area contributed by atoms with E-state index >= 15 is 0 Å². The minimum absolute atomic E-state index is 0.250. The van der Waals surface area contributed by atoms with E-state index in [9.17, 15) is 0 Å². The van der Waals surface area contributed by atoms with Gasteiger partial charge >= 0.3 is 0 Å². The number of hydrogen-bond donors (Lipinski definition) is 1. The lowest BCUT2D eigenvalue weighted by Gasteiger charge is -1.61. The van der Waals surface area contributed by atoms with Gasteiger partial charge in [-0.25, -0.2) is 0 Å². The van der Waals surface area contributed by atoms with Crippen LogP contribution in [0.25, 0.3) is 0 Å². The Hall–Kier alpha value is -0.570. The quantitative estimate of drug-likeness (QED) is 0.403. The van der Waals surface area contributed by atoms with Gasteiger partial charge in [-0.1, -0.05) is 0 Å². The molecule has 0 aliphatic carbocycles. The third-order valence-corrected chi connectivity index (χ3v) is 0. The maximum atomic E-state index is 8.58. The molecule has 0 rings (SSSR count). The Labute approximate surface area is 37.1 Å². The van der Waals surface area contributed by atoms with Crippen LogP contribution in [-0.4, -0.2) is 20.6 Å². The number of nitrogens with two attached hydrogens (primary N) is 1. The molecule has 3 heteroatoms. The Kier molecular flexibility index (Phi) is 38.5. The number of primary amides is 1. The molecule has 0 aromatic heterocycles. The van der Waals surface area contributed by atoms with E-state index in [2.05, 4.69) is 10.5 Å². The SMILES string of the molecule is COC.NC=O. The predicted molar refractivity (Wildman–Crippen MR) is 23.2 cm³/mol. The number of hydrogen-bond acceptors (Lipinski definition) is 2. The third-order valence-electron chi connectivity index (χ3n) is 0. The second kappa shape index (κ2) is 25.5. The van der Waals surface area contributed by atoms with E-state index in [0.29, 0.717) is 0 Å². The summed E-state index contributed by atoms with van der Waals surface area (Å²) in [6.07, 6.45) is 0.250. The summed E-state index contributed by atoms with van der Waals surface area (Å²) in [6.45, 7) is 0. The van der Waals surface area contributed by atoms with E-state index in [1.165, 1.54) is 0 Å². The normalized spacial score (nSPS) is 5.00. The molecular weight excluding hydrogens is 82.0 g/mol. The van der Waals surface area contributed by atoms with Crippen LogP contribution in [-0.2, 0) is 9.53 Å². The van der Waals surface area contributed by atoms with Gasteiger partial charge in [-0.05, 0) is 0 Å². The van der Waals surface area contributed by atoms with E-state index in [1.807, 2.05) is 0 Å². The standard InChI is InChI=1S/C2H6O.CH3NO/c1-3-2;2-1-3/h1-2H3;1H,(H2,2,3). The molecule has 0 aromatic rings. The first-order valence-electron chi connectivity index (χ1n) is 1.39. The Morgan fingerprint density at radius 2 is 1.67 bits per heavy atom. The lowest BCUT2D eigenvalue weighted by Crippen LogP contribution is -1.82. The van der Waals surface area contributed by atoms with E-state index in [1.54, 1.807) is 14.2 Å². The average Bonchev–Trinajstić information content (AvgIpc) is 1.39. The van der Waals surface area contributed by atoms with Gasteiger partial charge in [0.1, 0.15) is 0 Å². The molecule has 3 nitrogen and oxygen atoms in total. The number of ether oxygens (including phenoxy) is 1. The molecule has 6 heavy (non-hydrogen) atoms. The Bertz CT molecular complexity index is 22.8. The second-order valence-corrected chi connectivity index (χ2v) is 0.544. The summed E-state index contributed by atoms with van der Waals surface area (Å²) in [5.41, 5.74) is 4.17. The summed E-state index contributed by atoms with van der Waals surface area (Å²) in [6, 6.07) is 0. The summed E-state index contributed by atoms with van der Waals surface area (Å²) in [4.78, 5) is 8.58. The predicted octanol–water partition coefficient (Wildman–Crippen LogP) is -0.636. The fourth-order valence-corrected chi connectivity index (χ4v) is 0. The first-order valence-corrected chi connectivity index (χ1v) is 1.39. The van der Waals surface area contributed by atoms with Gasteiger partial charge in [-0.15, -0.1) is 0 Å². The van der Waals surface area contributed by atoms with Gasteiger partial charge in [0.25, 0.3) is 0 Å². The maximum absolute atomic E-state index is 8.58. The molecule has 0 spiro atoms. The number of methoxy groups -OCH3 is 1. The monoisotopic (exact) mass is 91.1 g/mol. The Morgan fingerprint density at radius 1 is 1.67 bits per heavy atom. The smallest absolute Gasteiger partial charge is 0.204 e. The van der Waals surface area contributed by atoms with Crippen LogP contribution >= 0.6 is 0 Å². The van der Waals surface area contributed by atoms with Crippen molar-refractivity contribution >= 4 is 6.41 Å². The molecule has 2 N–H and O–H groups in total. The lowest BCUT2D eigenvalue weighted by atomic mass is 11.5. The van der Waals surface area contributed by atoms with Crippen molar-refractivity contribution in [3.05, 3.63) is 0 Å². The summed E-state index contributed by atoms with van der Waals surface area (Å²) in [5, 5.41) is 0. The van der Waals surface area contributed by atoms with Gasteiger partial charge in [0, 0.05) is 14.2 Å². The van der Waals surface area contributed by atoms with Crippen molar-refractivity contribution in [1.82, 2.24) is 0 Å². The molecule has 0 fully saturated rings. The maximum Gasteiger partial charge on any atom is 0.204 e. The molecule has 0 radical (unpaired) electrons. The first-order chi connectivity index (χ1) is 2.83. The minimum atomic E-state index is 0.250. The molecule has 0 heterocycles. The highest BCUT2D eigenvalue weighted by molar-refractivity contribution is 5.42. The van der Waals surface area contributed by atoms with Crippen LogP contribution in [0.5, 0.6) is 0 Å².